The average molecular weight is 357 g/mol. The Balaban J connectivity index is 2.24. The van der Waals surface area contributed by atoms with Crippen LogP contribution in [0.4, 0.5) is 23.5 Å². The number of nitrogens with one attached hydrogen (secondary N) is 1. The molecule has 2 aromatic rings. The summed E-state index contributed by atoms with van der Waals surface area (Å²) in [5, 5.41) is 12.5. The number of halogens is 4. The van der Waals surface area contributed by atoms with E-state index in [1.807, 2.05) is 5.32 Å². The maximum Gasteiger partial charge on any atom is 0.431 e. The first-order valence-corrected chi connectivity index (χ1v) is 7.11. The van der Waals surface area contributed by atoms with Crippen LogP contribution in [0.2, 0.25) is 0 Å². The molecule has 25 heavy (non-hydrogen) atoms. The number of allylic oxidation sites excluding steroid dienone is 1. The van der Waals surface area contributed by atoms with Gasteiger partial charge in [0.05, 0.1) is 12.2 Å². The van der Waals surface area contributed by atoms with Gasteiger partial charge < -0.3 is 10.1 Å². The van der Waals surface area contributed by atoms with Crippen LogP contribution in [0.5, 0.6) is 0 Å². The molecule has 0 aliphatic carbocycles. The number of benzene rings is 1. The molecular formula is C14H11F4N5O2. The van der Waals surface area contributed by atoms with Crippen LogP contribution in [0, 0.1) is 5.82 Å². The van der Waals surface area contributed by atoms with E-state index in [9.17, 15) is 22.4 Å². The Labute approximate surface area is 138 Å². The van der Waals surface area contributed by atoms with Gasteiger partial charge in [-0.25, -0.2) is 9.18 Å². The summed E-state index contributed by atoms with van der Waals surface area (Å²) >= 11 is 0. The molecular weight excluding hydrogens is 346 g/mol. The van der Waals surface area contributed by atoms with Crippen LogP contribution >= 0.6 is 0 Å². The largest absolute Gasteiger partial charge is 0.463 e. The van der Waals surface area contributed by atoms with Crippen LogP contribution in [0.15, 0.2) is 35.5 Å². The number of esters is 1. The molecule has 0 radical (unpaired) electrons. The number of anilines is 1. The fourth-order valence-corrected chi connectivity index (χ4v) is 2.49. The highest BCUT2D eigenvalue weighted by molar-refractivity contribution is 5.92. The zero-order valence-corrected chi connectivity index (χ0v) is 12.7. The molecule has 0 unspecified atom stereocenters. The van der Waals surface area contributed by atoms with E-state index < -0.39 is 35.3 Å². The minimum absolute atomic E-state index is 0.119. The number of carbonyl (C=O) groups excluding carboxylic acids is 1. The Kier molecular flexibility index (Phi) is 4.15. The Morgan fingerprint density at radius 1 is 1.32 bits per heavy atom. The monoisotopic (exact) mass is 357 g/mol. The average Bonchev–Trinajstić information content (AvgIpc) is 3.01. The van der Waals surface area contributed by atoms with Crippen LogP contribution in [0.25, 0.3) is 0 Å². The van der Waals surface area contributed by atoms with Crippen LogP contribution in [0.3, 0.4) is 0 Å². The normalized spacial score (nSPS) is 17.1. The standard InChI is InChI=1S/C14H11F4N5O2/c1-2-25-12(24)9-10(7-3-5-8(15)6-4-7)23-13(20-21-22-23)19-11(9)14(16,17)18/h3-6,10H,2H2,1H3,(H,19,20,22)/t10-/m0/s1. The molecule has 1 aromatic carbocycles. The summed E-state index contributed by atoms with van der Waals surface area (Å²) in [7, 11) is 0. The Morgan fingerprint density at radius 3 is 2.60 bits per heavy atom. The molecule has 1 aromatic heterocycles. The zero-order chi connectivity index (χ0) is 18.2. The third-order valence-corrected chi connectivity index (χ3v) is 3.48. The highest BCUT2D eigenvalue weighted by Gasteiger charge is 2.46. The lowest BCUT2D eigenvalue weighted by Gasteiger charge is -2.29. The molecule has 1 N–H and O–H groups in total. The van der Waals surface area contributed by atoms with Gasteiger partial charge in [-0.05, 0) is 35.0 Å². The SMILES string of the molecule is CCOC(=O)C1=C(C(F)(F)F)Nc2nnnn2[C@H]1c1ccc(F)cc1. The van der Waals surface area contributed by atoms with Gasteiger partial charge in [0.25, 0.3) is 0 Å². The summed E-state index contributed by atoms with van der Waals surface area (Å²) < 4.78 is 59.4. The molecule has 0 amide bonds. The molecule has 7 nitrogen and oxygen atoms in total. The van der Waals surface area contributed by atoms with Crippen molar-refractivity contribution in [3.63, 3.8) is 0 Å². The zero-order valence-electron chi connectivity index (χ0n) is 12.7. The lowest BCUT2D eigenvalue weighted by atomic mass is 9.95. The van der Waals surface area contributed by atoms with Gasteiger partial charge in [0.1, 0.15) is 17.6 Å². The summed E-state index contributed by atoms with van der Waals surface area (Å²) in [5.41, 5.74) is -1.83. The summed E-state index contributed by atoms with van der Waals surface area (Å²) in [6, 6.07) is 3.32. The molecule has 0 spiro atoms. The van der Waals surface area contributed by atoms with Crippen molar-refractivity contribution in [2.75, 3.05) is 11.9 Å². The number of rotatable bonds is 3. The van der Waals surface area contributed by atoms with Crippen LogP contribution < -0.4 is 5.32 Å². The number of fused-ring (bicyclic) bond motifs is 1. The number of hydrogen-bond acceptors (Lipinski definition) is 6. The molecule has 0 bridgehead atoms. The summed E-state index contributed by atoms with van der Waals surface area (Å²) in [5.74, 6) is -2.04. The number of ether oxygens (including phenoxy) is 1. The Bertz CT molecular complexity index is 828. The molecule has 0 fully saturated rings. The second kappa shape index (κ2) is 6.15. The number of aromatic nitrogens is 4. The van der Waals surface area contributed by atoms with Gasteiger partial charge in [0.15, 0.2) is 0 Å². The number of carbonyl (C=O) groups is 1. The first kappa shape index (κ1) is 16.9. The van der Waals surface area contributed by atoms with Crippen molar-refractivity contribution in [3.8, 4) is 0 Å². The highest BCUT2D eigenvalue weighted by atomic mass is 19.4. The number of nitrogens with zero attached hydrogens (tertiary/aromatic N) is 4. The van der Waals surface area contributed by atoms with Crippen LogP contribution in [-0.2, 0) is 9.53 Å². The summed E-state index contributed by atoms with van der Waals surface area (Å²) in [4.78, 5) is 12.3. The quantitative estimate of drug-likeness (QED) is 0.670. The van der Waals surface area contributed by atoms with Crippen molar-refractivity contribution in [1.82, 2.24) is 20.2 Å². The molecule has 0 saturated carbocycles. The van der Waals surface area contributed by atoms with Crippen LogP contribution in [0.1, 0.15) is 18.5 Å². The fraction of sp³-hybridized carbons (Fsp3) is 0.286. The van der Waals surface area contributed by atoms with Gasteiger partial charge in [-0.2, -0.15) is 17.9 Å². The number of alkyl halides is 3. The van der Waals surface area contributed by atoms with E-state index in [4.69, 9.17) is 4.74 Å². The minimum atomic E-state index is -4.88. The van der Waals surface area contributed by atoms with E-state index in [1.165, 1.54) is 19.1 Å². The number of tetrazole rings is 1. The third-order valence-electron chi connectivity index (χ3n) is 3.48. The van der Waals surface area contributed by atoms with Crippen molar-refractivity contribution in [2.45, 2.75) is 19.1 Å². The Morgan fingerprint density at radius 2 is 2.00 bits per heavy atom. The lowest BCUT2D eigenvalue weighted by molar-refractivity contribution is -0.140. The van der Waals surface area contributed by atoms with Gasteiger partial charge in [-0.15, -0.1) is 0 Å². The van der Waals surface area contributed by atoms with E-state index >= 15 is 0 Å². The smallest absolute Gasteiger partial charge is 0.431 e. The van der Waals surface area contributed by atoms with Gasteiger partial charge in [0, 0.05) is 0 Å². The van der Waals surface area contributed by atoms with Crippen molar-refractivity contribution in [1.29, 1.82) is 0 Å². The van der Waals surface area contributed by atoms with E-state index in [0.29, 0.717) is 0 Å². The first-order valence-electron chi connectivity index (χ1n) is 7.11. The van der Waals surface area contributed by atoms with Crippen molar-refractivity contribution < 1.29 is 27.1 Å². The van der Waals surface area contributed by atoms with Crippen molar-refractivity contribution in [3.05, 3.63) is 46.9 Å². The van der Waals surface area contributed by atoms with Crippen molar-refractivity contribution in [2.24, 2.45) is 0 Å². The van der Waals surface area contributed by atoms with Gasteiger partial charge >= 0.3 is 12.1 Å². The third kappa shape index (κ3) is 3.04. The van der Waals surface area contributed by atoms with E-state index in [1.54, 1.807) is 0 Å². The lowest BCUT2D eigenvalue weighted by Crippen LogP contribution is -2.35. The Hall–Kier alpha value is -2.98. The summed E-state index contributed by atoms with van der Waals surface area (Å²) in [6.07, 6.45) is -4.88. The fourth-order valence-electron chi connectivity index (χ4n) is 2.49. The molecule has 1 aliphatic heterocycles. The minimum Gasteiger partial charge on any atom is -0.463 e. The van der Waals surface area contributed by atoms with E-state index in [0.717, 1.165) is 16.8 Å². The molecule has 1 aliphatic rings. The van der Waals surface area contributed by atoms with Gasteiger partial charge in [0.2, 0.25) is 5.95 Å². The van der Waals surface area contributed by atoms with Crippen LogP contribution in [-0.4, -0.2) is 39.0 Å². The molecule has 132 valence electrons. The van der Waals surface area contributed by atoms with E-state index in [2.05, 4.69) is 15.5 Å². The molecule has 11 heteroatoms. The second-order valence-electron chi connectivity index (χ2n) is 5.03. The summed E-state index contributed by atoms with van der Waals surface area (Å²) in [6.45, 7) is 1.35. The van der Waals surface area contributed by atoms with Gasteiger partial charge in [-0.1, -0.05) is 17.2 Å². The van der Waals surface area contributed by atoms with Crippen molar-refractivity contribution >= 4 is 11.9 Å². The molecule has 2 heterocycles. The second-order valence-corrected chi connectivity index (χ2v) is 5.03. The molecule has 1 atom stereocenters. The topological polar surface area (TPSA) is 81.9 Å². The molecule has 3 rings (SSSR count). The predicted molar refractivity (Wildman–Crippen MR) is 75.7 cm³/mol. The number of hydrogen-bond donors (Lipinski definition) is 1. The van der Waals surface area contributed by atoms with Gasteiger partial charge in [-0.3, -0.25) is 0 Å². The van der Waals surface area contributed by atoms with E-state index in [-0.39, 0.29) is 18.1 Å². The first-order chi connectivity index (χ1) is 11.8. The maximum absolute atomic E-state index is 13.5. The highest BCUT2D eigenvalue weighted by Crippen LogP contribution is 2.40. The maximum atomic E-state index is 13.5. The predicted octanol–water partition coefficient (Wildman–Crippen LogP) is 2.21. The molecule has 0 saturated heterocycles.